The van der Waals surface area contributed by atoms with Gasteiger partial charge in [0.05, 0.1) is 31.4 Å². The molecule has 0 saturated carbocycles. The number of ether oxygens (including phenoxy) is 1. The van der Waals surface area contributed by atoms with Gasteiger partial charge in [-0.3, -0.25) is 62.5 Å². The quantitative estimate of drug-likeness (QED) is 0.0270. The van der Waals surface area contributed by atoms with E-state index in [0.717, 1.165) is 6.92 Å². The number of primary amides is 1. The smallest absolute Gasteiger partial charge is 0.475 e. The van der Waals surface area contributed by atoms with E-state index in [1.807, 2.05) is 5.32 Å². The van der Waals surface area contributed by atoms with E-state index >= 15 is 14.4 Å². The highest BCUT2D eigenvalue weighted by molar-refractivity contribution is 6.01. The molecule has 604 valence electrons. The van der Waals surface area contributed by atoms with Gasteiger partial charge in [-0.05, 0) is 79.2 Å². The van der Waals surface area contributed by atoms with Gasteiger partial charge in [0, 0.05) is 6.54 Å². The largest absolute Gasteiger partial charge is 0.490 e. The number of aliphatic carboxylic acids is 1. The number of carbonyl (C=O) groups excluding carboxylic acids is 13. The third-order valence-electron chi connectivity index (χ3n) is 16.4. The number of hydrogen-bond acceptors (Lipinski definition) is 20. The first-order chi connectivity index (χ1) is 50.2. The number of carboxylic acid groups (broad SMARTS) is 1. The van der Waals surface area contributed by atoms with E-state index in [2.05, 4.69) is 63.5 Å². The van der Waals surface area contributed by atoms with E-state index in [1.165, 1.54) is 44.2 Å². The maximum absolute atomic E-state index is 15.7. The maximum atomic E-state index is 15.7. The van der Waals surface area contributed by atoms with Gasteiger partial charge in [0.15, 0.2) is 12.1 Å². The number of guanidine groups is 1. The van der Waals surface area contributed by atoms with E-state index < -0.39 is 216 Å². The summed E-state index contributed by atoms with van der Waals surface area (Å²) in [7, 11) is 0. The molecule has 0 spiro atoms. The number of rotatable bonds is 25. The number of benzene rings is 2. The molecule has 1 aliphatic heterocycles. The molecule has 1 aliphatic rings. The molecule has 2 aromatic carbocycles. The average molecular weight is 1540 g/mol. The summed E-state index contributed by atoms with van der Waals surface area (Å²) in [5, 5.41) is 81.1. The van der Waals surface area contributed by atoms with Crippen molar-refractivity contribution in [2.24, 2.45) is 51.3 Å². The second-order valence-electron chi connectivity index (χ2n) is 28.3. The molecule has 2 aromatic rings. The maximum Gasteiger partial charge on any atom is 0.490 e. The first-order valence-electron chi connectivity index (χ1n) is 34.9. The zero-order chi connectivity index (χ0) is 82.2. The van der Waals surface area contributed by atoms with Gasteiger partial charge >= 0.3 is 18.2 Å². The van der Waals surface area contributed by atoms with E-state index in [0.29, 0.717) is 5.56 Å². The van der Waals surface area contributed by atoms with Gasteiger partial charge in [0.1, 0.15) is 67.0 Å². The SMILES string of the molecule is CC[C@H](C)[C@@H]1NC(=O)[C@@H](CCCN=C(N)N)NC(=O)[C@H](CC(C)C)NC(=O)[C@H]([C@H](O)C(C)C)NC(=O)[C@@H](NC(=O)[C@H](CC(C)C)NC(=O)[C@@H](CC(C)(C)C)NC(=O)OCc2ccccc2)[C@@H](c2ccccc2)NC(=O)[C@H](CO)NC(=O)[C@H]([C@H](O)C(N)=O)NC(=O)CNC(=O)[C@H]([C@H](C)O)NC1=O.O=C(O)C(F)(F)F. The summed E-state index contributed by atoms with van der Waals surface area (Å²) in [6, 6.07) is -4.14. The number of nitrogens with one attached hydrogen (secondary N) is 12. The van der Waals surface area contributed by atoms with Crippen LogP contribution >= 0.6 is 0 Å². The highest BCUT2D eigenvalue weighted by atomic mass is 19.4. The molecule has 0 aromatic heterocycles. The third-order valence-corrected chi connectivity index (χ3v) is 16.4. The van der Waals surface area contributed by atoms with Crippen molar-refractivity contribution >= 4 is 88.9 Å². The van der Waals surface area contributed by atoms with Crippen LogP contribution in [0.2, 0.25) is 0 Å². The molecule has 0 unspecified atom stereocenters. The molecule has 39 heteroatoms. The zero-order valence-corrected chi connectivity index (χ0v) is 62.4. The van der Waals surface area contributed by atoms with Crippen molar-refractivity contribution in [2.75, 3.05) is 19.7 Å². The first-order valence-corrected chi connectivity index (χ1v) is 34.9. The Morgan fingerprint density at radius 1 is 0.620 bits per heavy atom. The van der Waals surface area contributed by atoms with Crippen molar-refractivity contribution in [2.45, 2.75) is 219 Å². The Morgan fingerprint density at radius 2 is 1.14 bits per heavy atom. The molecule has 1 fully saturated rings. The normalized spacial score (nSPS) is 22.5. The number of hydrogen-bond donors (Lipinski definition) is 20. The fourth-order valence-corrected chi connectivity index (χ4v) is 10.5. The van der Waals surface area contributed by atoms with Crippen LogP contribution in [0.15, 0.2) is 65.7 Å². The lowest BCUT2D eigenvalue weighted by Crippen LogP contribution is -2.65. The van der Waals surface area contributed by atoms with Gasteiger partial charge < -0.3 is 111 Å². The molecule has 1 heterocycles. The molecule has 23 N–H and O–H groups in total. The Morgan fingerprint density at radius 3 is 1.65 bits per heavy atom. The van der Waals surface area contributed by atoms with Gasteiger partial charge in [-0.25, -0.2) is 9.59 Å². The van der Waals surface area contributed by atoms with Gasteiger partial charge in [0.2, 0.25) is 70.9 Å². The predicted molar refractivity (Wildman–Crippen MR) is 382 cm³/mol. The van der Waals surface area contributed by atoms with Gasteiger partial charge in [-0.2, -0.15) is 13.2 Å². The number of nitrogens with zero attached hydrogens (tertiary/aromatic N) is 1. The van der Waals surface area contributed by atoms with E-state index in [9.17, 15) is 81.5 Å². The minimum atomic E-state index is -5.08. The molecule has 3 rings (SSSR count). The Bertz CT molecular complexity index is 3400. The summed E-state index contributed by atoms with van der Waals surface area (Å²) in [5.41, 5.74) is 16.5. The minimum absolute atomic E-state index is 0.000166. The molecule has 1 saturated heterocycles. The second kappa shape index (κ2) is 44.8. The lowest BCUT2D eigenvalue weighted by molar-refractivity contribution is -0.192. The number of nitrogens with two attached hydrogens (primary N) is 3. The lowest BCUT2D eigenvalue weighted by Gasteiger charge is -2.34. The molecule has 0 bridgehead atoms. The number of aliphatic hydroxyl groups is 4. The highest BCUT2D eigenvalue weighted by Gasteiger charge is 2.44. The summed E-state index contributed by atoms with van der Waals surface area (Å²) < 4.78 is 37.2. The highest BCUT2D eigenvalue weighted by Crippen LogP contribution is 2.24. The van der Waals surface area contributed by atoms with E-state index in [-0.39, 0.29) is 63.2 Å². The van der Waals surface area contributed by atoms with Crippen LogP contribution in [0.4, 0.5) is 18.0 Å². The van der Waals surface area contributed by atoms with Gasteiger partial charge in [0.25, 0.3) is 0 Å². The number of halogens is 3. The number of carbonyl (C=O) groups is 14. The molecule has 108 heavy (non-hydrogen) atoms. The molecule has 0 aliphatic carbocycles. The number of aliphatic imine (C=N–C) groups is 1. The number of alkyl halides is 3. The van der Waals surface area contributed by atoms with Crippen molar-refractivity contribution in [1.82, 2.24) is 63.8 Å². The van der Waals surface area contributed by atoms with Gasteiger partial charge in [-0.15, -0.1) is 0 Å². The van der Waals surface area contributed by atoms with Crippen LogP contribution in [0.25, 0.3) is 0 Å². The second-order valence-corrected chi connectivity index (χ2v) is 28.3. The zero-order valence-electron chi connectivity index (χ0n) is 62.4. The number of alkyl carbamates (subject to hydrolysis) is 1. The van der Waals surface area contributed by atoms with Crippen LogP contribution in [-0.4, -0.2) is 219 Å². The molecule has 0 radical (unpaired) electrons. The Labute approximate surface area is 623 Å². The van der Waals surface area contributed by atoms with Crippen LogP contribution in [0, 0.1) is 29.1 Å². The fraction of sp³-hybridized carbons (Fsp3) is 0.609. The topological polar surface area (TPSA) is 584 Å². The molecular formula is C69H107F3N16O20. The number of carboxylic acids is 1. The average Bonchev–Trinajstić information content (AvgIpc) is 0.810. The van der Waals surface area contributed by atoms with Gasteiger partial charge in [-0.1, -0.05) is 143 Å². The minimum Gasteiger partial charge on any atom is -0.475 e. The Balaban J connectivity index is 0.00000537. The summed E-state index contributed by atoms with van der Waals surface area (Å²) in [5.74, 6) is -20.0. The third kappa shape index (κ3) is 32.8. The summed E-state index contributed by atoms with van der Waals surface area (Å²) in [6.07, 6.45) is -12.4. The number of aliphatic hydroxyl groups excluding tert-OH is 4. The van der Waals surface area contributed by atoms with E-state index in [4.69, 9.17) is 31.8 Å². The monoisotopic (exact) mass is 1540 g/mol. The van der Waals surface area contributed by atoms with Crippen LogP contribution in [0.5, 0.6) is 0 Å². The summed E-state index contributed by atoms with van der Waals surface area (Å²) in [6.45, 7) is 16.9. The molecule has 36 nitrogen and oxygen atoms in total. The van der Waals surface area contributed by atoms with Crippen LogP contribution in [-0.2, 0) is 73.7 Å². The number of amides is 13. The molecule has 13 amide bonds. The summed E-state index contributed by atoms with van der Waals surface area (Å²) >= 11 is 0. The van der Waals surface area contributed by atoms with Crippen molar-refractivity contribution in [3.05, 3.63) is 71.8 Å². The van der Waals surface area contributed by atoms with Crippen molar-refractivity contribution in [3.8, 4) is 0 Å². The molecular weight excluding hydrogens is 1430 g/mol. The van der Waals surface area contributed by atoms with Crippen molar-refractivity contribution in [3.63, 3.8) is 0 Å². The lowest BCUT2D eigenvalue weighted by atomic mass is 9.87. The first kappa shape index (κ1) is 93.8. The van der Waals surface area contributed by atoms with E-state index in [1.54, 1.807) is 92.6 Å². The summed E-state index contributed by atoms with van der Waals surface area (Å²) in [4.78, 5) is 199. The van der Waals surface area contributed by atoms with Crippen LogP contribution < -0.4 is 81.0 Å². The Kier molecular flexibility index (Phi) is 38.9. The fourth-order valence-electron chi connectivity index (χ4n) is 10.5. The molecule has 15 atom stereocenters. The van der Waals surface area contributed by atoms with Crippen LogP contribution in [0.3, 0.4) is 0 Å². The van der Waals surface area contributed by atoms with Crippen molar-refractivity contribution in [1.29, 1.82) is 0 Å². The predicted octanol–water partition coefficient (Wildman–Crippen LogP) is -2.87. The van der Waals surface area contributed by atoms with Crippen LogP contribution in [0.1, 0.15) is 139 Å². The van der Waals surface area contributed by atoms with Crippen molar-refractivity contribution < 1.29 is 111 Å². The Hall–Kier alpha value is -10.3. The standard InChI is InChI=1S/C67H106N16O18.C2HF3O2/c1-13-36(8)46-61(96)80-47(37(9)85)60(95)72-30-45(86)78-51(53(88)54(68)89)64(99)76-44(31-84)59(94)81-48(39-23-18-15-19-24-39)49(82-57(92)42(28-34(4)5)74-58(93)43(29-67(10,11)12)77-66(100)101-32-38-21-16-14-17-22-38)62(97)83-50(52(87)35(6)7)63(98)75-41(27-33(2)3)56(91)73-40(55(90)79-46)25-20-26-71-65(69)70;3-2(4,5)1(6)7/h14-19,21-24,33-37,40-44,46-53,84-85,87-88H,13,20,25-32H2,1-12H3,(H2,68,89)(H,72,95)(H,73,91)(H,74,93)(H,75,98)(H,76,99)(H,77,100)(H,78,86)(H,79,90)(H,80,96)(H,81,94)(H,82,92)(H,83,97)(H4,69,70,71);(H,6,7)/t36-,37-,40+,41-,42-,43+,44-,46-,47-,48+,49-,50-,51-,52+,53-;/m0./s1.